The summed E-state index contributed by atoms with van der Waals surface area (Å²) in [4.78, 5) is 12.1. The van der Waals surface area contributed by atoms with Gasteiger partial charge in [-0.1, -0.05) is 6.07 Å². The Balaban J connectivity index is 2.11. The van der Waals surface area contributed by atoms with Crippen LogP contribution >= 0.6 is 0 Å². The average molecular weight is 263 g/mol. The molecule has 0 radical (unpaired) electrons. The number of aliphatic hydroxyl groups is 1. The van der Waals surface area contributed by atoms with E-state index in [0.717, 1.165) is 18.4 Å². The van der Waals surface area contributed by atoms with E-state index in [-0.39, 0.29) is 11.8 Å². The summed E-state index contributed by atoms with van der Waals surface area (Å²) in [6.07, 6.45) is 1.86. The minimum Gasteiger partial charge on any atom is -0.492 e. The lowest BCUT2D eigenvalue weighted by Gasteiger charge is -2.17. The first-order chi connectivity index (χ1) is 9.11. The summed E-state index contributed by atoms with van der Waals surface area (Å²) in [7, 11) is 0. The van der Waals surface area contributed by atoms with Gasteiger partial charge >= 0.3 is 0 Å². The van der Waals surface area contributed by atoms with Crippen molar-refractivity contribution in [1.82, 2.24) is 0 Å². The maximum atomic E-state index is 12.1. The van der Waals surface area contributed by atoms with Crippen molar-refractivity contribution in [2.75, 3.05) is 11.9 Å². The summed E-state index contributed by atoms with van der Waals surface area (Å²) >= 11 is 0. The number of carbonyl (C=O) groups excluding carboxylic acids is 1. The minimum absolute atomic E-state index is 0.116. The van der Waals surface area contributed by atoms with Gasteiger partial charge in [0.2, 0.25) is 5.91 Å². The van der Waals surface area contributed by atoms with E-state index < -0.39 is 6.10 Å². The molecule has 1 aromatic carbocycles. The number of anilines is 1. The summed E-state index contributed by atoms with van der Waals surface area (Å²) in [5.41, 5.74) is 1.76. The molecule has 0 bridgehead atoms. The van der Waals surface area contributed by atoms with Gasteiger partial charge in [0, 0.05) is 0 Å². The minimum atomic E-state index is -0.513. The van der Waals surface area contributed by atoms with E-state index in [1.807, 2.05) is 32.0 Å². The Kier molecular flexibility index (Phi) is 4.43. The molecule has 0 heterocycles. The van der Waals surface area contributed by atoms with E-state index in [4.69, 9.17) is 4.74 Å². The first kappa shape index (κ1) is 13.9. The van der Waals surface area contributed by atoms with Crippen LogP contribution in [0.25, 0.3) is 0 Å². The van der Waals surface area contributed by atoms with E-state index >= 15 is 0 Å². The Morgan fingerprint density at radius 1 is 1.47 bits per heavy atom. The third kappa shape index (κ3) is 3.26. The van der Waals surface area contributed by atoms with E-state index in [0.29, 0.717) is 24.5 Å². The second kappa shape index (κ2) is 6.06. The number of nitrogens with one attached hydrogen (secondary N) is 1. The highest BCUT2D eigenvalue weighted by Gasteiger charge is 2.31. The van der Waals surface area contributed by atoms with Crippen LogP contribution < -0.4 is 10.1 Å². The van der Waals surface area contributed by atoms with Gasteiger partial charge in [0.05, 0.1) is 24.3 Å². The maximum Gasteiger partial charge on any atom is 0.230 e. The molecule has 1 fully saturated rings. The van der Waals surface area contributed by atoms with Crippen LogP contribution in [0.3, 0.4) is 0 Å². The average Bonchev–Trinajstić information content (AvgIpc) is 2.79. The Morgan fingerprint density at radius 2 is 2.26 bits per heavy atom. The van der Waals surface area contributed by atoms with Crippen molar-refractivity contribution in [1.29, 1.82) is 0 Å². The molecule has 1 aliphatic carbocycles. The van der Waals surface area contributed by atoms with Gasteiger partial charge < -0.3 is 15.2 Å². The van der Waals surface area contributed by atoms with Crippen molar-refractivity contribution >= 4 is 11.6 Å². The topological polar surface area (TPSA) is 58.6 Å². The number of amides is 1. The van der Waals surface area contributed by atoms with E-state index in [1.54, 1.807) is 0 Å². The molecule has 2 atom stereocenters. The number of aliphatic hydroxyl groups excluding tert-OH is 1. The number of benzene rings is 1. The van der Waals surface area contributed by atoms with Crippen LogP contribution in [0.2, 0.25) is 0 Å². The van der Waals surface area contributed by atoms with Crippen LogP contribution in [0.5, 0.6) is 5.75 Å². The Bertz CT molecular complexity index is 459. The Hall–Kier alpha value is -1.55. The smallest absolute Gasteiger partial charge is 0.230 e. The van der Waals surface area contributed by atoms with E-state index in [9.17, 15) is 9.90 Å². The molecule has 1 amide bonds. The standard InChI is InChI=1S/C15H21NO3/c1-3-19-14-9-10(2)7-8-12(14)16-15(18)11-5-4-6-13(11)17/h7-9,11,13,17H,3-6H2,1-2H3,(H,16,18). The Labute approximate surface area is 113 Å². The van der Waals surface area contributed by atoms with Crippen molar-refractivity contribution in [2.24, 2.45) is 5.92 Å². The number of carbonyl (C=O) groups is 1. The van der Waals surface area contributed by atoms with Gasteiger partial charge in [-0.15, -0.1) is 0 Å². The predicted octanol–water partition coefficient (Wildman–Crippen LogP) is 2.49. The number of rotatable bonds is 4. The molecule has 104 valence electrons. The molecule has 0 saturated heterocycles. The molecule has 0 aliphatic heterocycles. The largest absolute Gasteiger partial charge is 0.492 e. The lowest BCUT2D eigenvalue weighted by molar-refractivity contribution is -0.122. The fourth-order valence-corrected chi connectivity index (χ4v) is 2.48. The van der Waals surface area contributed by atoms with Gasteiger partial charge in [-0.2, -0.15) is 0 Å². The van der Waals surface area contributed by atoms with E-state index in [1.165, 1.54) is 0 Å². The SMILES string of the molecule is CCOc1cc(C)ccc1NC(=O)C1CCCC1O. The lowest BCUT2D eigenvalue weighted by atomic mass is 10.0. The van der Waals surface area contributed by atoms with Crippen LogP contribution in [-0.4, -0.2) is 23.7 Å². The third-order valence-electron chi connectivity index (χ3n) is 3.51. The highest BCUT2D eigenvalue weighted by molar-refractivity contribution is 5.94. The highest BCUT2D eigenvalue weighted by atomic mass is 16.5. The summed E-state index contributed by atoms with van der Waals surface area (Å²) in [5.74, 6) is 0.272. The van der Waals surface area contributed by atoms with Crippen LogP contribution in [-0.2, 0) is 4.79 Å². The monoisotopic (exact) mass is 263 g/mol. The fraction of sp³-hybridized carbons (Fsp3) is 0.533. The molecule has 1 aliphatic rings. The molecule has 2 unspecified atom stereocenters. The zero-order valence-corrected chi connectivity index (χ0v) is 11.5. The molecule has 0 aromatic heterocycles. The quantitative estimate of drug-likeness (QED) is 0.877. The summed E-state index contributed by atoms with van der Waals surface area (Å²) in [5, 5.41) is 12.6. The van der Waals surface area contributed by atoms with E-state index in [2.05, 4.69) is 5.32 Å². The maximum absolute atomic E-state index is 12.1. The van der Waals surface area contributed by atoms with Crippen molar-refractivity contribution in [3.05, 3.63) is 23.8 Å². The van der Waals surface area contributed by atoms with Gasteiger partial charge in [-0.3, -0.25) is 4.79 Å². The molecule has 4 nitrogen and oxygen atoms in total. The van der Waals surface area contributed by atoms with Gasteiger partial charge in [-0.25, -0.2) is 0 Å². The number of aryl methyl sites for hydroxylation is 1. The molecule has 4 heteroatoms. The van der Waals surface area contributed by atoms with Gasteiger partial charge in [-0.05, 0) is 50.8 Å². The summed E-state index contributed by atoms with van der Waals surface area (Å²) in [6, 6.07) is 5.69. The molecular formula is C15H21NO3. The normalized spacial score (nSPS) is 22.3. The molecule has 19 heavy (non-hydrogen) atoms. The van der Waals surface area contributed by atoms with Crippen molar-refractivity contribution in [3.63, 3.8) is 0 Å². The summed E-state index contributed by atoms with van der Waals surface area (Å²) < 4.78 is 5.53. The number of ether oxygens (including phenoxy) is 1. The van der Waals surface area contributed by atoms with Crippen LogP contribution in [0, 0.1) is 12.8 Å². The van der Waals surface area contributed by atoms with Crippen molar-refractivity contribution < 1.29 is 14.6 Å². The van der Waals surface area contributed by atoms with Gasteiger partial charge in [0.1, 0.15) is 5.75 Å². The predicted molar refractivity (Wildman–Crippen MR) is 74.3 cm³/mol. The van der Waals surface area contributed by atoms with Gasteiger partial charge in [0.25, 0.3) is 0 Å². The lowest BCUT2D eigenvalue weighted by Crippen LogP contribution is -2.28. The molecule has 2 N–H and O–H groups in total. The van der Waals surface area contributed by atoms with Crippen LogP contribution in [0.1, 0.15) is 31.7 Å². The third-order valence-corrected chi connectivity index (χ3v) is 3.51. The van der Waals surface area contributed by atoms with Crippen LogP contribution in [0.4, 0.5) is 5.69 Å². The van der Waals surface area contributed by atoms with Gasteiger partial charge in [0.15, 0.2) is 0 Å². The zero-order valence-electron chi connectivity index (χ0n) is 11.5. The number of hydrogen-bond donors (Lipinski definition) is 2. The van der Waals surface area contributed by atoms with Crippen LogP contribution in [0.15, 0.2) is 18.2 Å². The molecular weight excluding hydrogens is 242 g/mol. The second-order valence-electron chi connectivity index (χ2n) is 5.03. The number of hydrogen-bond acceptors (Lipinski definition) is 3. The first-order valence-corrected chi connectivity index (χ1v) is 6.84. The second-order valence-corrected chi connectivity index (χ2v) is 5.03. The Morgan fingerprint density at radius 3 is 2.89 bits per heavy atom. The summed E-state index contributed by atoms with van der Waals surface area (Å²) in [6.45, 7) is 4.45. The molecule has 2 rings (SSSR count). The first-order valence-electron chi connectivity index (χ1n) is 6.84. The molecule has 0 spiro atoms. The van der Waals surface area contributed by atoms with Crippen molar-refractivity contribution in [2.45, 2.75) is 39.2 Å². The molecule has 1 saturated carbocycles. The zero-order chi connectivity index (χ0) is 13.8. The molecule has 1 aromatic rings. The highest BCUT2D eigenvalue weighted by Crippen LogP contribution is 2.30. The fourth-order valence-electron chi connectivity index (χ4n) is 2.48. The van der Waals surface area contributed by atoms with Crippen molar-refractivity contribution in [3.8, 4) is 5.75 Å².